The number of amides is 2. The standard InChI is InChI=1S/C17H18N4O2/c1-20(10-13-5-3-2-4-6-13)16(22)14-11-21(12-14)17(23)15-9-18-7-8-19-15/h2-9,14H,10-12H2,1H3. The summed E-state index contributed by atoms with van der Waals surface area (Å²) >= 11 is 0. The van der Waals surface area contributed by atoms with Crippen LogP contribution in [0.1, 0.15) is 16.1 Å². The Morgan fingerprint density at radius 3 is 2.61 bits per heavy atom. The minimum atomic E-state index is -0.173. The highest BCUT2D eigenvalue weighted by Crippen LogP contribution is 2.20. The number of carbonyl (C=O) groups excluding carboxylic acids is 2. The first-order chi connectivity index (χ1) is 11.1. The maximum atomic E-state index is 12.4. The molecule has 0 spiro atoms. The fraction of sp³-hybridized carbons (Fsp3) is 0.294. The van der Waals surface area contributed by atoms with E-state index in [9.17, 15) is 9.59 Å². The third kappa shape index (κ3) is 3.36. The summed E-state index contributed by atoms with van der Waals surface area (Å²) < 4.78 is 0. The second-order valence-corrected chi connectivity index (χ2v) is 5.68. The number of nitrogens with zero attached hydrogens (tertiary/aromatic N) is 4. The number of carbonyl (C=O) groups is 2. The third-order valence-corrected chi connectivity index (χ3v) is 3.94. The largest absolute Gasteiger partial charge is 0.341 e. The van der Waals surface area contributed by atoms with Crippen molar-refractivity contribution in [2.45, 2.75) is 6.54 Å². The van der Waals surface area contributed by atoms with Crippen molar-refractivity contribution < 1.29 is 9.59 Å². The van der Waals surface area contributed by atoms with Crippen LogP contribution in [-0.4, -0.2) is 51.7 Å². The predicted molar refractivity (Wildman–Crippen MR) is 84.3 cm³/mol. The monoisotopic (exact) mass is 310 g/mol. The van der Waals surface area contributed by atoms with Crippen LogP contribution in [0.3, 0.4) is 0 Å². The van der Waals surface area contributed by atoms with Gasteiger partial charge in [0.1, 0.15) is 5.69 Å². The molecule has 0 unspecified atom stereocenters. The average Bonchev–Trinajstić information content (AvgIpc) is 2.55. The Kier molecular flexibility index (Phi) is 4.32. The zero-order valence-electron chi connectivity index (χ0n) is 12.9. The van der Waals surface area contributed by atoms with Gasteiger partial charge in [-0.05, 0) is 5.56 Å². The number of benzene rings is 1. The Morgan fingerprint density at radius 2 is 1.96 bits per heavy atom. The predicted octanol–water partition coefficient (Wildman–Crippen LogP) is 1.21. The Hall–Kier alpha value is -2.76. The van der Waals surface area contributed by atoms with Crippen molar-refractivity contribution in [1.82, 2.24) is 19.8 Å². The molecule has 6 nitrogen and oxygen atoms in total. The van der Waals surface area contributed by atoms with Crippen LogP contribution in [0.25, 0.3) is 0 Å². The summed E-state index contributed by atoms with van der Waals surface area (Å²) in [5, 5.41) is 0. The molecule has 0 atom stereocenters. The lowest BCUT2D eigenvalue weighted by atomic mass is 9.98. The van der Waals surface area contributed by atoms with Crippen molar-refractivity contribution >= 4 is 11.8 Å². The zero-order valence-corrected chi connectivity index (χ0v) is 12.9. The molecule has 2 amide bonds. The molecule has 23 heavy (non-hydrogen) atoms. The van der Waals surface area contributed by atoms with E-state index in [4.69, 9.17) is 0 Å². The van der Waals surface area contributed by atoms with Crippen molar-refractivity contribution in [1.29, 1.82) is 0 Å². The second-order valence-electron chi connectivity index (χ2n) is 5.68. The fourth-order valence-electron chi connectivity index (χ4n) is 2.62. The Balaban J connectivity index is 1.52. The van der Waals surface area contributed by atoms with Gasteiger partial charge in [0.05, 0.1) is 12.1 Å². The van der Waals surface area contributed by atoms with Crippen molar-refractivity contribution in [3.05, 3.63) is 60.2 Å². The van der Waals surface area contributed by atoms with E-state index >= 15 is 0 Å². The highest BCUT2D eigenvalue weighted by Gasteiger charge is 2.37. The van der Waals surface area contributed by atoms with E-state index in [0.29, 0.717) is 25.3 Å². The summed E-state index contributed by atoms with van der Waals surface area (Å²) in [6.07, 6.45) is 4.46. The summed E-state index contributed by atoms with van der Waals surface area (Å²) in [7, 11) is 1.79. The van der Waals surface area contributed by atoms with E-state index in [1.54, 1.807) is 16.8 Å². The van der Waals surface area contributed by atoms with Crippen LogP contribution in [-0.2, 0) is 11.3 Å². The second kappa shape index (κ2) is 6.56. The first kappa shape index (κ1) is 15.1. The van der Waals surface area contributed by atoms with Crippen molar-refractivity contribution in [2.24, 2.45) is 5.92 Å². The molecular formula is C17H18N4O2. The number of aromatic nitrogens is 2. The highest BCUT2D eigenvalue weighted by molar-refractivity contribution is 5.94. The SMILES string of the molecule is CN(Cc1ccccc1)C(=O)C1CN(C(=O)c2cnccn2)C1. The molecule has 1 fully saturated rings. The van der Waals surface area contributed by atoms with Gasteiger partial charge in [-0.3, -0.25) is 14.6 Å². The van der Waals surface area contributed by atoms with E-state index < -0.39 is 0 Å². The van der Waals surface area contributed by atoms with Gasteiger partial charge < -0.3 is 9.80 Å². The summed E-state index contributed by atoms with van der Waals surface area (Å²) in [5.74, 6) is -0.241. The van der Waals surface area contributed by atoms with Crippen molar-refractivity contribution in [3.63, 3.8) is 0 Å². The van der Waals surface area contributed by atoms with Gasteiger partial charge in [-0.2, -0.15) is 0 Å². The molecule has 0 aliphatic carbocycles. The lowest BCUT2D eigenvalue weighted by molar-refractivity contribution is -0.139. The molecule has 118 valence electrons. The molecule has 1 aromatic carbocycles. The molecule has 3 rings (SSSR count). The molecule has 1 aromatic heterocycles. The average molecular weight is 310 g/mol. The van der Waals surface area contributed by atoms with Gasteiger partial charge in [-0.15, -0.1) is 0 Å². The zero-order chi connectivity index (χ0) is 16.2. The van der Waals surface area contributed by atoms with E-state index in [1.807, 2.05) is 30.3 Å². The van der Waals surface area contributed by atoms with Gasteiger partial charge in [-0.1, -0.05) is 30.3 Å². The third-order valence-electron chi connectivity index (χ3n) is 3.94. The quantitative estimate of drug-likeness (QED) is 0.851. The van der Waals surface area contributed by atoms with Gasteiger partial charge in [0, 0.05) is 39.1 Å². The van der Waals surface area contributed by atoms with Crippen LogP contribution < -0.4 is 0 Å². The lowest BCUT2D eigenvalue weighted by Gasteiger charge is -2.39. The van der Waals surface area contributed by atoms with Crippen LogP contribution in [0.15, 0.2) is 48.9 Å². The van der Waals surface area contributed by atoms with Crippen LogP contribution in [0.5, 0.6) is 0 Å². The number of likely N-dealkylation sites (tertiary alicyclic amines) is 1. The van der Waals surface area contributed by atoms with Gasteiger partial charge in [0.25, 0.3) is 5.91 Å². The summed E-state index contributed by atoms with van der Waals surface area (Å²) in [6.45, 7) is 1.45. The van der Waals surface area contributed by atoms with Crippen LogP contribution >= 0.6 is 0 Å². The molecule has 0 radical (unpaired) electrons. The molecular weight excluding hydrogens is 292 g/mol. The maximum Gasteiger partial charge on any atom is 0.274 e. The first-order valence-corrected chi connectivity index (χ1v) is 7.49. The highest BCUT2D eigenvalue weighted by atomic mass is 16.2. The van der Waals surface area contributed by atoms with E-state index in [1.165, 1.54) is 18.6 Å². The van der Waals surface area contributed by atoms with Gasteiger partial charge in [0.15, 0.2) is 0 Å². The fourth-order valence-corrected chi connectivity index (χ4v) is 2.62. The molecule has 1 aliphatic rings. The minimum absolute atomic E-state index is 0.0667. The molecule has 1 saturated heterocycles. The smallest absolute Gasteiger partial charge is 0.274 e. The summed E-state index contributed by atoms with van der Waals surface area (Å²) in [4.78, 5) is 35.8. The van der Waals surface area contributed by atoms with E-state index in [-0.39, 0.29) is 17.7 Å². The minimum Gasteiger partial charge on any atom is -0.341 e. The molecule has 0 bridgehead atoms. The maximum absolute atomic E-state index is 12.4. The number of hydrogen-bond acceptors (Lipinski definition) is 4. The summed E-state index contributed by atoms with van der Waals surface area (Å²) in [5.41, 5.74) is 1.41. The van der Waals surface area contributed by atoms with Crippen LogP contribution in [0.2, 0.25) is 0 Å². The summed E-state index contributed by atoms with van der Waals surface area (Å²) in [6, 6.07) is 9.85. The van der Waals surface area contributed by atoms with Gasteiger partial charge in [0.2, 0.25) is 5.91 Å². The number of rotatable bonds is 4. The number of hydrogen-bond donors (Lipinski definition) is 0. The molecule has 0 saturated carbocycles. The molecule has 6 heteroatoms. The van der Waals surface area contributed by atoms with Gasteiger partial charge in [-0.25, -0.2) is 4.98 Å². The molecule has 2 aromatic rings. The van der Waals surface area contributed by atoms with Crippen molar-refractivity contribution in [3.8, 4) is 0 Å². The Morgan fingerprint density at radius 1 is 1.22 bits per heavy atom. The molecule has 1 aliphatic heterocycles. The molecule has 2 heterocycles. The Bertz CT molecular complexity index is 684. The topological polar surface area (TPSA) is 66.4 Å². The molecule has 0 N–H and O–H groups in total. The Labute approximate surface area is 134 Å². The van der Waals surface area contributed by atoms with E-state index in [0.717, 1.165) is 5.56 Å². The first-order valence-electron chi connectivity index (χ1n) is 7.49. The van der Waals surface area contributed by atoms with Gasteiger partial charge >= 0.3 is 0 Å². The van der Waals surface area contributed by atoms with Crippen molar-refractivity contribution in [2.75, 3.05) is 20.1 Å². The van der Waals surface area contributed by atoms with Crippen LogP contribution in [0, 0.1) is 5.92 Å². The lowest BCUT2D eigenvalue weighted by Crippen LogP contribution is -2.55. The van der Waals surface area contributed by atoms with Crippen LogP contribution in [0.4, 0.5) is 0 Å². The normalized spacial score (nSPS) is 14.2. The van der Waals surface area contributed by atoms with E-state index in [2.05, 4.69) is 9.97 Å².